The topological polar surface area (TPSA) is 50.7 Å². The first-order valence-corrected chi connectivity index (χ1v) is 3.77. The molecule has 4 nitrogen and oxygen atoms in total. The van der Waals surface area contributed by atoms with Crippen LogP contribution in [0.5, 0.6) is 0 Å². The lowest BCUT2D eigenvalue weighted by Gasteiger charge is -1.92. The minimum absolute atomic E-state index is 0.203. The van der Waals surface area contributed by atoms with Gasteiger partial charge in [-0.3, -0.25) is 4.57 Å². The number of fused-ring (bicyclic) bond motifs is 1. The Morgan fingerprint density at radius 1 is 1.67 bits per heavy atom. The number of nitrogens with one attached hydrogen (secondary N) is 1. The molecule has 2 heterocycles. The summed E-state index contributed by atoms with van der Waals surface area (Å²) in [5.74, 6) is 0. The molecule has 1 N–H and O–H groups in total. The van der Waals surface area contributed by atoms with E-state index in [0.717, 1.165) is 0 Å². The van der Waals surface area contributed by atoms with Crippen molar-refractivity contribution in [3.63, 3.8) is 0 Å². The standard InChI is InChI=1S/C7H6ClN3O/c1-11-6-5(10-7(11)12)4(8)2-3-9-6/h2-3H,1H3,(H,10,12). The highest BCUT2D eigenvalue weighted by Gasteiger charge is 2.05. The number of nitrogens with zero attached hydrogens (tertiary/aromatic N) is 2. The van der Waals surface area contributed by atoms with Gasteiger partial charge in [0, 0.05) is 13.2 Å². The van der Waals surface area contributed by atoms with Crippen LogP contribution in [0.4, 0.5) is 0 Å². The number of hydrogen-bond acceptors (Lipinski definition) is 2. The smallest absolute Gasteiger partial charge is 0.303 e. The number of halogens is 1. The Kier molecular flexibility index (Phi) is 1.44. The molecule has 5 heteroatoms. The van der Waals surface area contributed by atoms with E-state index in [1.54, 1.807) is 19.3 Å². The largest absolute Gasteiger partial charge is 0.327 e. The molecule has 2 rings (SSSR count). The summed E-state index contributed by atoms with van der Waals surface area (Å²) in [6.07, 6.45) is 1.57. The zero-order valence-electron chi connectivity index (χ0n) is 6.34. The van der Waals surface area contributed by atoms with Crippen molar-refractivity contribution in [3.8, 4) is 0 Å². The van der Waals surface area contributed by atoms with Crippen LogP contribution in [0.15, 0.2) is 17.1 Å². The van der Waals surface area contributed by atoms with Crippen molar-refractivity contribution in [1.29, 1.82) is 0 Å². The highest BCUT2D eigenvalue weighted by Crippen LogP contribution is 2.16. The number of imidazole rings is 1. The molecular weight excluding hydrogens is 178 g/mol. The predicted molar refractivity (Wildman–Crippen MR) is 46.3 cm³/mol. The van der Waals surface area contributed by atoms with Gasteiger partial charge in [0.1, 0.15) is 5.52 Å². The van der Waals surface area contributed by atoms with Gasteiger partial charge in [-0.15, -0.1) is 0 Å². The average molecular weight is 184 g/mol. The number of aryl methyl sites for hydroxylation is 1. The van der Waals surface area contributed by atoms with Crippen LogP contribution in [-0.2, 0) is 7.05 Å². The molecule has 0 fully saturated rings. The summed E-state index contributed by atoms with van der Waals surface area (Å²) >= 11 is 5.82. The van der Waals surface area contributed by atoms with E-state index in [-0.39, 0.29) is 5.69 Å². The van der Waals surface area contributed by atoms with Crippen molar-refractivity contribution in [1.82, 2.24) is 14.5 Å². The van der Waals surface area contributed by atoms with Crippen LogP contribution in [0.2, 0.25) is 5.02 Å². The summed E-state index contributed by atoms with van der Waals surface area (Å²) in [5, 5.41) is 0.512. The molecule has 0 aromatic carbocycles. The first-order chi connectivity index (χ1) is 5.70. The van der Waals surface area contributed by atoms with E-state index in [4.69, 9.17) is 11.6 Å². The Labute approximate surface area is 72.8 Å². The predicted octanol–water partition coefficient (Wildman–Crippen LogP) is 0.915. The molecule has 0 aliphatic heterocycles. The van der Waals surface area contributed by atoms with E-state index in [1.165, 1.54) is 4.57 Å². The fourth-order valence-corrected chi connectivity index (χ4v) is 1.27. The van der Waals surface area contributed by atoms with Crippen LogP contribution >= 0.6 is 11.6 Å². The molecule has 0 spiro atoms. The minimum Gasteiger partial charge on any atom is -0.303 e. The molecule has 12 heavy (non-hydrogen) atoms. The number of pyridine rings is 1. The van der Waals surface area contributed by atoms with E-state index in [2.05, 4.69) is 9.97 Å². The normalized spacial score (nSPS) is 10.8. The molecule has 2 aromatic heterocycles. The van der Waals surface area contributed by atoms with Gasteiger partial charge in [0.05, 0.1) is 5.02 Å². The molecule has 0 atom stereocenters. The van der Waals surface area contributed by atoms with Crippen molar-refractivity contribution in [2.45, 2.75) is 0 Å². The summed E-state index contributed by atoms with van der Waals surface area (Å²) in [5.41, 5.74) is 0.963. The molecule has 0 saturated heterocycles. The van der Waals surface area contributed by atoms with E-state index in [1.807, 2.05) is 0 Å². The number of rotatable bonds is 0. The van der Waals surface area contributed by atoms with Crippen molar-refractivity contribution in [2.24, 2.45) is 7.05 Å². The van der Waals surface area contributed by atoms with Crippen LogP contribution in [0, 0.1) is 0 Å². The van der Waals surface area contributed by atoms with Crippen LogP contribution in [0.25, 0.3) is 11.2 Å². The Morgan fingerprint density at radius 3 is 3.08 bits per heavy atom. The van der Waals surface area contributed by atoms with E-state index in [9.17, 15) is 4.79 Å². The first-order valence-electron chi connectivity index (χ1n) is 3.39. The first kappa shape index (κ1) is 7.36. The number of aromatic nitrogens is 3. The summed E-state index contributed by atoms with van der Waals surface area (Å²) in [6, 6.07) is 1.64. The van der Waals surface area contributed by atoms with Crippen molar-refractivity contribution >= 4 is 22.8 Å². The second-order valence-electron chi connectivity index (χ2n) is 2.48. The number of H-pyrrole nitrogens is 1. The summed E-state index contributed by atoms with van der Waals surface area (Å²) < 4.78 is 1.42. The summed E-state index contributed by atoms with van der Waals surface area (Å²) in [4.78, 5) is 17.7. The quantitative estimate of drug-likeness (QED) is 0.660. The number of hydrogen-bond donors (Lipinski definition) is 1. The maximum Gasteiger partial charge on any atom is 0.327 e. The van der Waals surface area contributed by atoms with Crippen LogP contribution < -0.4 is 5.69 Å². The van der Waals surface area contributed by atoms with Crippen molar-refractivity contribution in [3.05, 3.63) is 27.8 Å². The minimum atomic E-state index is -0.203. The van der Waals surface area contributed by atoms with Gasteiger partial charge in [-0.1, -0.05) is 11.6 Å². The van der Waals surface area contributed by atoms with E-state index >= 15 is 0 Å². The van der Waals surface area contributed by atoms with Crippen molar-refractivity contribution < 1.29 is 0 Å². The lowest BCUT2D eigenvalue weighted by Crippen LogP contribution is -2.12. The SMILES string of the molecule is Cn1c(=O)[nH]c2c(Cl)ccnc21. The van der Waals surface area contributed by atoms with Crippen LogP contribution in [0.3, 0.4) is 0 Å². The third kappa shape index (κ3) is 0.848. The maximum atomic E-state index is 11.1. The molecule has 0 aliphatic rings. The molecule has 0 bridgehead atoms. The molecule has 0 unspecified atom stereocenters. The van der Waals surface area contributed by atoms with Gasteiger partial charge in [-0.2, -0.15) is 0 Å². The van der Waals surface area contributed by atoms with Gasteiger partial charge in [-0.25, -0.2) is 9.78 Å². The van der Waals surface area contributed by atoms with Gasteiger partial charge in [0.15, 0.2) is 5.65 Å². The molecule has 2 aromatic rings. The van der Waals surface area contributed by atoms with E-state index < -0.39 is 0 Å². The lowest BCUT2D eigenvalue weighted by molar-refractivity contribution is 0.879. The fourth-order valence-electron chi connectivity index (χ4n) is 1.08. The fraction of sp³-hybridized carbons (Fsp3) is 0.143. The second-order valence-corrected chi connectivity index (χ2v) is 2.89. The summed E-state index contributed by atoms with van der Waals surface area (Å²) in [7, 11) is 1.64. The Balaban J connectivity index is 3.05. The van der Waals surface area contributed by atoms with Gasteiger partial charge in [-0.05, 0) is 6.07 Å². The molecule has 0 radical (unpaired) electrons. The molecule has 0 aliphatic carbocycles. The highest BCUT2D eigenvalue weighted by molar-refractivity contribution is 6.34. The highest BCUT2D eigenvalue weighted by atomic mass is 35.5. The Hall–Kier alpha value is -1.29. The zero-order chi connectivity index (χ0) is 8.72. The Bertz CT molecular complexity index is 485. The van der Waals surface area contributed by atoms with Crippen molar-refractivity contribution in [2.75, 3.05) is 0 Å². The third-order valence-electron chi connectivity index (χ3n) is 1.73. The number of aromatic amines is 1. The van der Waals surface area contributed by atoms with Gasteiger partial charge in [0.25, 0.3) is 0 Å². The zero-order valence-corrected chi connectivity index (χ0v) is 7.09. The molecule has 0 amide bonds. The lowest BCUT2D eigenvalue weighted by atomic mass is 10.4. The second kappa shape index (κ2) is 2.35. The third-order valence-corrected chi connectivity index (χ3v) is 2.05. The molecule has 62 valence electrons. The molecule has 0 saturated carbocycles. The molecular formula is C7H6ClN3O. The van der Waals surface area contributed by atoms with E-state index in [0.29, 0.717) is 16.2 Å². The maximum absolute atomic E-state index is 11.1. The van der Waals surface area contributed by atoms with Gasteiger partial charge in [0.2, 0.25) is 0 Å². The van der Waals surface area contributed by atoms with Crippen LogP contribution in [0.1, 0.15) is 0 Å². The van der Waals surface area contributed by atoms with Gasteiger partial charge >= 0.3 is 5.69 Å². The monoisotopic (exact) mass is 183 g/mol. The van der Waals surface area contributed by atoms with Gasteiger partial charge < -0.3 is 4.98 Å². The summed E-state index contributed by atoms with van der Waals surface area (Å²) in [6.45, 7) is 0. The van der Waals surface area contributed by atoms with Crippen LogP contribution in [-0.4, -0.2) is 14.5 Å². The Morgan fingerprint density at radius 2 is 2.42 bits per heavy atom. The average Bonchev–Trinajstić information content (AvgIpc) is 2.32.